The second-order valence-corrected chi connectivity index (χ2v) is 8.22. The summed E-state index contributed by atoms with van der Waals surface area (Å²) in [4.78, 5) is 32.0. The summed E-state index contributed by atoms with van der Waals surface area (Å²) in [7, 11) is 0. The molecule has 1 aliphatic heterocycles. The number of benzene rings is 2. The molecule has 2 aromatic carbocycles. The monoisotopic (exact) mass is 462 g/mol. The molecule has 0 spiro atoms. The van der Waals surface area contributed by atoms with Crippen molar-refractivity contribution in [3.63, 3.8) is 0 Å². The summed E-state index contributed by atoms with van der Waals surface area (Å²) in [6.07, 6.45) is 3.18. The van der Waals surface area contributed by atoms with Crippen LogP contribution in [0.25, 0.3) is 5.76 Å². The fourth-order valence-corrected chi connectivity index (χ4v) is 4.26. The average Bonchev–Trinajstić information content (AvgIpc) is 3.06. The third kappa shape index (κ3) is 4.10. The molecule has 0 radical (unpaired) electrons. The van der Waals surface area contributed by atoms with Gasteiger partial charge in [0.1, 0.15) is 11.5 Å². The minimum atomic E-state index is -0.819. The number of rotatable bonds is 5. The van der Waals surface area contributed by atoms with E-state index in [4.69, 9.17) is 16.3 Å². The molecule has 2 heterocycles. The van der Waals surface area contributed by atoms with Crippen LogP contribution >= 0.6 is 11.6 Å². The summed E-state index contributed by atoms with van der Waals surface area (Å²) in [6.45, 7) is 6.06. The van der Waals surface area contributed by atoms with Crippen LogP contribution in [0, 0.1) is 13.8 Å². The van der Waals surface area contributed by atoms with Gasteiger partial charge in [0.15, 0.2) is 0 Å². The van der Waals surface area contributed by atoms with Crippen LogP contribution in [0.5, 0.6) is 5.75 Å². The molecule has 1 saturated heterocycles. The molecule has 0 bridgehead atoms. The first kappa shape index (κ1) is 22.6. The standard InChI is InChI=1S/C26H23ClN2O4/c1-4-33-21-14-18(6-7-19(21)27)24(30)22-23(17-9-11-28-12-10-17)29(26(32)25(22)31)20-8-5-15(2)13-16(20)3/h5-14,23,30H,4H2,1-3H3/b24-22+. The number of Topliss-reactive ketones (excluding diaryl/α,β-unsaturated/α-hetero) is 1. The number of anilines is 1. The van der Waals surface area contributed by atoms with Crippen LogP contribution < -0.4 is 9.64 Å². The number of amides is 1. The summed E-state index contributed by atoms with van der Waals surface area (Å²) < 4.78 is 5.53. The van der Waals surface area contributed by atoms with E-state index in [2.05, 4.69) is 4.98 Å². The Bertz CT molecular complexity index is 1270. The second kappa shape index (κ2) is 9.08. The van der Waals surface area contributed by atoms with Crippen LogP contribution in [0.2, 0.25) is 5.02 Å². The Hall–Kier alpha value is -3.64. The van der Waals surface area contributed by atoms with Crippen LogP contribution in [0.3, 0.4) is 0 Å². The Labute approximate surface area is 197 Å². The van der Waals surface area contributed by atoms with Crippen molar-refractivity contribution in [2.45, 2.75) is 26.8 Å². The zero-order chi connectivity index (χ0) is 23.7. The van der Waals surface area contributed by atoms with E-state index in [9.17, 15) is 14.7 Å². The Morgan fingerprint density at radius 1 is 1.09 bits per heavy atom. The van der Waals surface area contributed by atoms with Gasteiger partial charge in [-0.3, -0.25) is 19.5 Å². The lowest BCUT2D eigenvalue weighted by molar-refractivity contribution is -0.132. The maximum atomic E-state index is 13.3. The molecule has 33 heavy (non-hydrogen) atoms. The lowest BCUT2D eigenvalue weighted by Crippen LogP contribution is -2.30. The number of aliphatic hydroxyl groups is 1. The molecule has 3 aromatic rings. The number of nitrogens with zero attached hydrogens (tertiary/aromatic N) is 2. The smallest absolute Gasteiger partial charge is 0.300 e. The normalized spacial score (nSPS) is 17.5. The van der Waals surface area contributed by atoms with Crippen LogP contribution in [0.4, 0.5) is 5.69 Å². The molecule has 1 N–H and O–H groups in total. The second-order valence-electron chi connectivity index (χ2n) is 7.82. The maximum Gasteiger partial charge on any atom is 0.300 e. The number of aliphatic hydroxyl groups excluding tert-OH is 1. The molecule has 1 aromatic heterocycles. The van der Waals surface area contributed by atoms with Crippen molar-refractivity contribution in [2.24, 2.45) is 0 Å². The fourth-order valence-electron chi connectivity index (χ4n) is 4.09. The molecule has 1 atom stereocenters. The topological polar surface area (TPSA) is 79.7 Å². The van der Waals surface area contributed by atoms with E-state index >= 15 is 0 Å². The third-order valence-electron chi connectivity index (χ3n) is 5.58. The molecular formula is C26H23ClN2O4. The number of aryl methyl sites for hydroxylation is 2. The first-order valence-corrected chi connectivity index (χ1v) is 10.9. The average molecular weight is 463 g/mol. The van der Waals surface area contributed by atoms with E-state index in [0.29, 0.717) is 34.2 Å². The lowest BCUT2D eigenvalue weighted by Gasteiger charge is -2.27. The zero-order valence-electron chi connectivity index (χ0n) is 18.5. The molecule has 0 saturated carbocycles. The van der Waals surface area contributed by atoms with Gasteiger partial charge in [0.2, 0.25) is 0 Å². The van der Waals surface area contributed by atoms with Gasteiger partial charge in [0.05, 0.1) is 23.2 Å². The number of halogens is 1. The van der Waals surface area contributed by atoms with Gasteiger partial charge in [-0.1, -0.05) is 29.3 Å². The predicted octanol–water partition coefficient (Wildman–Crippen LogP) is 5.38. The molecule has 6 nitrogen and oxygen atoms in total. The zero-order valence-corrected chi connectivity index (χ0v) is 19.3. The molecule has 1 unspecified atom stereocenters. The van der Waals surface area contributed by atoms with Crippen molar-refractivity contribution < 1.29 is 19.4 Å². The van der Waals surface area contributed by atoms with Crippen molar-refractivity contribution in [3.8, 4) is 5.75 Å². The summed E-state index contributed by atoms with van der Waals surface area (Å²) in [5, 5.41) is 11.7. The molecule has 168 valence electrons. The third-order valence-corrected chi connectivity index (χ3v) is 5.89. The van der Waals surface area contributed by atoms with Crippen LogP contribution in [0.1, 0.15) is 35.2 Å². The quantitative estimate of drug-likeness (QED) is 0.313. The Morgan fingerprint density at radius 2 is 1.82 bits per heavy atom. The number of carbonyl (C=O) groups excluding carboxylic acids is 2. The Balaban J connectivity index is 1.94. The van der Waals surface area contributed by atoms with Gasteiger partial charge in [0.25, 0.3) is 11.7 Å². The van der Waals surface area contributed by atoms with Crippen LogP contribution in [0.15, 0.2) is 66.5 Å². The minimum Gasteiger partial charge on any atom is -0.507 e. The van der Waals surface area contributed by atoms with Crippen LogP contribution in [-0.4, -0.2) is 28.4 Å². The molecule has 0 aliphatic carbocycles. The SMILES string of the molecule is CCOc1cc(/C(O)=C2\C(=O)C(=O)N(c3ccc(C)cc3C)C2c2ccncc2)ccc1Cl. The van der Waals surface area contributed by atoms with Gasteiger partial charge >= 0.3 is 0 Å². The van der Waals surface area contributed by atoms with Crippen molar-refractivity contribution in [1.29, 1.82) is 0 Å². The van der Waals surface area contributed by atoms with Gasteiger partial charge in [0, 0.05) is 23.6 Å². The number of hydrogen-bond donors (Lipinski definition) is 1. The first-order chi connectivity index (χ1) is 15.8. The number of ketones is 1. The fraction of sp³-hybridized carbons (Fsp3) is 0.192. The van der Waals surface area contributed by atoms with Gasteiger partial charge in [-0.15, -0.1) is 0 Å². The van der Waals surface area contributed by atoms with Crippen molar-refractivity contribution in [2.75, 3.05) is 11.5 Å². The molecule has 1 aliphatic rings. The van der Waals surface area contributed by atoms with E-state index in [1.54, 1.807) is 42.7 Å². The van der Waals surface area contributed by atoms with Gasteiger partial charge < -0.3 is 9.84 Å². The lowest BCUT2D eigenvalue weighted by atomic mass is 9.95. The maximum absolute atomic E-state index is 13.3. The molecule has 4 rings (SSSR count). The van der Waals surface area contributed by atoms with E-state index < -0.39 is 17.7 Å². The summed E-state index contributed by atoms with van der Waals surface area (Å²) in [5.74, 6) is -1.38. The highest BCUT2D eigenvalue weighted by atomic mass is 35.5. The van der Waals surface area contributed by atoms with E-state index in [1.165, 1.54) is 4.90 Å². The van der Waals surface area contributed by atoms with E-state index in [1.807, 2.05) is 39.0 Å². The highest BCUT2D eigenvalue weighted by Crippen LogP contribution is 2.43. The highest BCUT2D eigenvalue weighted by Gasteiger charge is 2.47. The van der Waals surface area contributed by atoms with Gasteiger partial charge in [-0.05, 0) is 68.3 Å². The summed E-state index contributed by atoms with van der Waals surface area (Å²) >= 11 is 6.19. The number of ether oxygens (including phenoxy) is 1. The number of carbonyl (C=O) groups is 2. The van der Waals surface area contributed by atoms with Gasteiger partial charge in [-0.2, -0.15) is 0 Å². The summed E-state index contributed by atoms with van der Waals surface area (Å²) in [5.41, 5.74) is 3.48. The predicted molar refractivity (Wildman–Crippen MR) is 128 cm³/mol. The van der Waals surface area contributed by atoms with Crippen molar-refractivity contribution in [1.82, 2.24) is 4.98 Å². The van der Waals surface area contributed by atoms with Crippen molar-refractivity contribution in [3.05, 3.63) is 93.8 Å². The molecule has 1 fully saturated rings. The van der Waals surface area contributed by atoms with Gasteiger partial charge in [-0.25, -0.2) is 0 Å². The Morgan fingerprint density at radius 3 is 2.48 bits per heavy atom. The van der Waals surface area contributed by atoms with Crippen LogP contribution in [-0.2, 0) is 9.59 Å². The number of pyridine rings is 1. The van der Waals surface area contributed by atoms with Crippen molar-refractivity contribution >= 4 is 34.7 Å². The molecule has 7 heteroatoms. The summed E-state index contributed by atoms with van der Waals surface area (Å²) in [6, 6.07) is 13.0. The molecular weight excluding hydrogens is 440 g/mol. The van der Waals surface area contributed by atoms with E-state index in [0.717, 1.165) is 11.1 Å². The highest BCUT2D eigenvalue weighted by molar-refractivity contribution is 6.51. The number of aromatic nitrogens is 1. The minimum absolute atomic E-state index is 0.00375. The Kier molecular flexibility index (Phi) is 6.20. The van der Waals surface area contributed by atoms with E-state index in [-0.39, 0.29) is 11.3 Å². The largest absolute Gasteiger partial charge is 0.507 e. The first-order valence-electron chi connectivity index (χ1n) is 10.5. The molecule has 1 amide bonds. The number of hydrogen-bond acceptors (Lipinski definition) is 5.